The van der Waals surface area contributed by atoms with Crippen molar-refractivity contribution in [3.05, 3.63) is 103 Å². The molecule has 0 aliphatic heterocycles. The summed E-state index contributed by atoms with van der Waals surface area (Å²) in [4.78, 5) is 28.1. The second kappa shape index (κ2) is 8.26. The lowest BCUT2D eigenvalue weighted by molar-refractivity contribution is -0.543. The van der Waals surface area contributed by atoms with Crippen LogP contribution in [-0.4, -0.2) is 26.5 Å². The van der Waals surface area contributed by atoms with Gasteiger partial charge in [-0.3, -0.25) is 10.1 Å². The molecule has 9 heteroatoms. The van der Waals surface area contributed by atoms with Crippen LogP contribution >= 0.6 is 34.5 Å². The maximum atomic E-state index is 12.2. The molecule has 0 fully saturated rings. The Kier molecular flexibility index (Phi) is 5.66. The van der Waals surface area contributed by atoms with E-state index in [0.29, 0.717) is 37.4 Å². The molecule has 1 N–H and O–H groups in total. The molecule has 2 unspecified atom stereocenters. The van der Waals surface area contributed by atoms with Crippen molar-refractivity contribution in [2.24, 2.45) is 0 Å². The number of rotatable bonds is 5. The Labute approximate surface area is 191 Å². The highest BCUT2D eigenvalue weighted by atomic mass is 35.5. The standard InChI is InChI=1S/C22H14Cl2N2O4S/c23-15-7-8-16(18(24)10-15)19-12-31-20(25-19)14-6-9-17(13-4-2-1-3-5-13)22(11-14,21(27)28)26(29)30/h1-12,17H,(H,27,28). The molecule has 1 aliphatic rings. The minimum absolute atomic E-state index is 0.368. The summed E-state index contributed by atoms with van der Waals surface area (Å²) in [6.07, 6.45) is 4.41. The number of aromatic nitrogens is 1. The fourth-order valence-electron chi connectivity index (χ4n) is 3.55. The molecule has 1 heterocycles. The zero-order chi connectivity index (χ0) is 22.2. The fourth-order valence-corrected chi connectivity index (χ4v) is 4.87. The van der Waals surface area contributed by atoms with Gasteiger partial charge in [0, 0.05) is 32.5 Å². The van der Waals surface area contributed by atoms with E-state index in [1.165, 1.54) is 17.4 Å². The number of nitrogens with zero attached hydrogens (tertiary/aromatic N) is 2. The van der Waals surface area contributed by atoms with E-state index in [-0.39, 0.29) is 0 Å². The molecule has 156 valence electrons. The van der Waals surface area contributed by atoms with Crippen LogP contribution in [0.4, 0.5) is 0 Å². The minimum atomic E-state index is -2.35. The first-order valence-electron chi connectivity index (χ1n) is 9.08. The van der Waals surface area contributed by atoms with Crippen LogP contribution in [0.25, 0.3) is 16.8 Å². The van der Waals surface area contributed by atoms with Crippen LogP contribution in [-0.2, 0) is 4.79 Å². The molecule has 0 amide bonds. The number of carbonyl (C=O) groups is 1. The number of benzene rings is 2. The SMILES string of the molecule is O=C(O)C1([N+](=O)[O-])C=C(c2nc(-c3ccc(Cl)cc3Cl)cs2)C=CC1c1ccccc1. The summed E-state index contributed by atoms with van der Waals surface area (Å²) in [5, 5.41) is 25.1. The maximum absolute atomic E-state index is 12.2. The monoisotopic (exact) mass is 472 g/mol. The molecular weight excluding hydrogens is 459 g/mol. The molecule has 4 rings (SSSR count). The van der Waals surface area contributed by atoms with Gasteiger partial charge in [0.25, 0.3) is 0 Å². The molecule has 0 radical (unpaired) electrons. The average molecular weight is 473 g/mol. The first-order valence-corrected chi connectivity index (χ1v) is 10.7. The second-order valence-electron chi connectivity index (χ2n) is 6.90. The van der Waals surface area contributed by atoms with Crippen molar-refractivity contribution in [3.63, 3.8) is 0 Å². The van der Waals surface area contributed by atoms with E-state index in [2.05, 4.69) is 4.98 Å². The lowest BCUT2D eigenvalue weighted by Crippen LogP contribution is -2.50. The van der Waals surface area contributed by atoms with Gasteiger partial charge in [-0.25, -0.2) is 9.78 Å². The number of carboxylic acid groups (broad SMARTS) is 1. The van der Waals surface area contributed by atoms with Crippen LogP contribution in [0.2, 0.25) is 10.0 Å². The van der Waals surface area contributed by atoms with E-state index in [1.807, 2.05) is 0 Å². The minimum Gasteiger partial charge on any atom is -0.476 e. The molecule has 6 nitrogen and oxygen atoms in total. The van der Waals surface area contributed by atoms with Gasteiger partial charge in [0.2, 0.25) is 0 Å². The van der Waals surface area contributed by atoms with Gasteiger partial charge < -0.3 is 5.11 Å². The molecular formula is C22H14Cl2N2O4S. The zero-order valence-electron chi connectivity index (χ0n) is 15.7. The molecule has 1 aromatic heterocycles. The molecule has 2 atom stereocenters. The zero-order valence-corrected chi connectivity index (χ0v) is 18.1. The fraction of sp³-hybridized carbons (Fsp3) is 0.0909. The topological polar surface area (TPSA) is 93.3 Å². The quantitative estimate of drug-likeness (QED) is 0.365. The van der Waals surface area contributed by atoms with Crippen LogP contribution in [0, 0.1) is 10.1 Å². The van der Waals surface area contributed by atoms with Crippen molar-refractivity contribution in [2.45, 2.75) is 11.5 Å². The van der Waals surface area contributed by atoms with Crippen molar-refractivity contribution >= 4 is 46.1 Å². The number of hydrogen-bond acceptors (Lipinski definition) is 5. The lowest BCUT2D eigenvalue weighted by Gasteiger charge is -2.28. The van der Waals surface area contributed by atoms with Crippen LogP contribution in [0.1, 0.15) is 16.5 Å². The van der Waals surface area contributed by atoms with Gasteiger partial charge >= 0.3 is 11.5 Å². The summed E-state index contributed by atoms with van der Waals surface area (Å²) in [6, 6.07) is 13.6. The summed E-state index contributed by atoms with van der Waals surface area (Å²) in [5.41, 5.74) is -0.207. The normalized spacial score (nSPS) is 20.3. The summed E-state index contributed by atoms with van der Waals surface area (Å²) in [7, 11) is 0. The van der Waals surface area contributed by atoms with Crippen molar-refractivity contribution in [3.8, 4) is 11.3 Å². The van der Waals surface area contributed by atoms with Gasteiger partial charge in [-0.05, 0) is 23.8 Å². The molecule has 2 aromatic carbocycles. The number of halogens is 2. The third kappa shape index (κ3) is 3.76. The molecule has 0 bridgehead atoms. The predicted molar refractivity (Wildman–Crippen MR) is 121 cm³/mol. The third-order valence-corrected chi connectivity index (χ3v) is 6.52. The van der Waals surface area contributed by atoms with E-state index in [9.17, 15) is 20.0 Å². The van der Waals surface area contributed by atoms with Gasteiger partial charge in [0.1, 0.15) is 5.01 Å². The van der Waals surface area contributed by atoms with Gasteiger partial charge in [-0.2, -0.15) is 0 Å². The van der Waals surface area contributed by atoms with E-state index in [4.69, 9.17) is 23.2 Å². The first kappa shape index (κ1) is 21.2. The summed E-state index contributed by atoms with van der Waals surface area (Å²) in [5.74, 6) is -2.50. The van der Waals surface area contributed by atoms with Gasteiger partial charge in [-0.15, -0.1) is 11.3 Å². The van der Waals surface area contributed by atoms with Crippen LogP contribution < -0.4 is 0 Å². The van der Waals surface area contributed by atoms with Gasteiger partial charge in [0.05, 0.1) is 16.6 Å². The number of hydrogen-bond donors (Lipinski definition) is 1. The van der Waals surface area contributed by atoms with Crippen LogP contribution in [0.3, 0.4) is 0 Å². The van der Waals surface area contributed by atoms with Crippen molar-refractivity contribution in [1.82, 2.24) is 4.98 Å². The average Bonchev–Trinajstić information content (AvgIpc) is 3.23. The van der Waals surface area contributed by atoms with Gasteiger partial charge in [-0.1, -0.05) is 65.7 Å². The number of thiazole rings is 1. The molecule has 0 saturated carbocycles. The summed E-state index contributed by atoms with van der Waals surface area (Å²) >= 11 is 13.5. The Morgan fingerprint density at radius 3 is 2.58 bits per heavy atom. The Morgan fingerprint density at radius 1 is 1.19 bits per heavy atom. The largest absolute Gasteiger partial charge is 0.476 e. The first-order chi connectivity index (χ1) is 14.8. The summed E-state index contributed by atoms with van der Waals surface area (Å²) in [6.45, 7) is 0. The van der Waals surface area contributed by atoms with Crippen molar-refractivity contribution in [2.75, 3.05) is 0 Å². The second-order valence-corrected chi connectivity index (χ2v) is 8.60. The lowest BCUT2D eigenvalue weighted by atomic mass is 9.75. The molecule has 3 aromatic rings. The molecule has 1 aliphatic carbocycles. The van der Waals surface area contributed by atoms with Crippen molar-refractivity contribution < 1.29 is 14.8 Å². The number of aliphatic carboxylic acids is 1. The van der Waals surface area contributed by atoms with E-state index in [1.54, 1.807) is 66.1 Å². The molecule has 31 heavy (non-hydrogen) atoms. The smallest absolute Gasteiger partial charge is 0.387 e. The number of nitro groups is 1. The van der Waals surface area contributed by atoms with E-state index < -0.39 is 22.3 Å². The highest BCUT2D eigenvalue weighted by Gasteiger charge is 2.57. The van der Waals surface area contributed by atoms with Crippen LogP contribution in [0.15, 0.2) is 72.1 Å². The van der Waals surface area contributed by atoms with E-state index >= 15 is 0 Å². The molecule has 0 saturated heterocycles. The molecule has 0 spiro atoms. The number of allylic oxidation sites excluding steroid dienone is 2. The predicted octanol–water partition coefficient (Wildman–Crippen LogP) is 5.95. The highest BCUT2D eigenvalue weighted by Crippen LogP contribution is 2.42. The van der Waals surface area contributed by atoms with Crippen molar-refractivity contribution in [1.29, 1.82) is 0 Å². The van der Waals surface area contributed by atoms with E-state index in [0.717, 1.165) is 0 Å². The summed E-state index contributed by atoms with van der Waals surface area (Å²) < 4.78 is 0. The Bertz CT molecular complexity index is 1220. The Balaban J connectivity index is 1.79. The highest BCUT2D eigenvalue weighted by molar-refractivity contribution is 7.11. The Morgan fingerprint density at radius 2 is 1.94 bits per heavy atom. The van der Waals surface area contributed by atoms with Gasteiger partial charge in [0.15, 0.2) is 0 Å². The third-order valence-electron chi connectivity index (χ3n) is 5.08. The maximum Gasteiger partial charge on any atom is 0.387 e. The Hall–Kier alpha value is -3.00. The number of carboxylic acids is 1. The van der Waals surface area contributed by atoms with Crippen LogP contribution in [0.5, 0.6) is 0 Å².